The van der Waals surface area contributed by atoms with Gasteiger partial charge < -0.3 is 21.2 Å². The van der Waals surface area contributed by atoms with Crippen molar-refractivity contribution in [2.75, 3.05) is 13.2 Å². The molecule has 0 rings (SSSR count). The lowest BCUT2D eigenvalue weighted by Crippen LogP contribution is -2.02. The van der Waals surface area contributed by atoms with Gasteiger partial charge in [0, 0.05) is 13.2 Å². The van der Waals surface area contributed by atoms with Crippen LogP contribution < -0.4 is 12.3 Å². The molecule has 4 nitrogen and oxygen atoms in total. The van der Waals surface area contributed by atoms with Crippen LogP contribution in [0.25, 0.3) is 0 Å². The van der Waals surface area contributed by atoms with E-state index in [0.717, 1.165) is 13.2 Å². The molecule has 0 saturated heterocycles. The molecule has 0 aromatic carbocycles. The summed E-state index contributed by atoms with van der Waals surface area (Å²) in [6.07, 6.45) is 0. The van der Waals surface area contributed by atoms with E-state index in [1.165, 1.54) is 0 Å². The maximum absolute atomic E-state index is 4.88. The predicted octanol–water partition coefficient (Wildman–Crippen LogP) is 0.918. The van der Waals surface area contributed by atoms with Gasteiger partial charge in [-0.15, -0.1) is 0 Å². The van der Waals surface area contributed by atoms with Crippen molar-refractivity contribution in [3.8, 4) is 0 Å². The summed E-state index contributed by atoms with van der Waals surface area (Å²) in [5.41, 5.74) is 0. The Balaban J connectivity index is -0.000000180. The molecule has 0 fully saturated rings. The SMILES string of the molecule is CCO[Si]OCC.N.N. The molecule has 0 aliphatic carbocycles. The van der Waals surface area contributed by atoms with E-state index in [4.69, 9.17) is 8.85 Å². The molecule has 0 aliphatic rings. The van der Waals surface area contributed by atoms with E-state index < -0.39 is 0 Å². The normalized spacial score (nSPS) is 7.33. The van der Waals surface area contributed by atoms with E-state index in [0.29, 0.717) is 0 Å². The van der Waals surface area contributed by atoms with Crippen LogP contribution in [0.5, 0.6) is 0 Å². The van der Waals surface area contributed by atoms with Gasteiger partial charge in [0.1, 0.15) is 0 Å². The Morgan fingerprint density at radius 1 is 1.00 bits per heavy atom. The van der Waals surface area contributed by atoms with Crippen LogP contribution in [0.4, 0.5) is 0 Å². The van der Waals surface area contributed by atoms with E-state index in [2.05, 4.69) is 0 Å². The first-order valence-electron chi connectivity index (χ1n) is 2.40. The zero-order valence-corrected chi connectivity index (χ0v) is 7.14. The molecule has 0 unspecified atom stereocenters. The average molecular weight is 152 g/mol. The third kappa shape index (κ3) is 18.0. The fourth-order valence-electron chi connectivity index (χ4n) is 0.160. The molecule has 6 N–H and O–H groups in total. The standard InChI is InChI=1S/C4H10O2Si.2H3N/c1-3-5-7-6-4-2;;/h3-4H2,1-2H3;2*1H3. The van der Waals surface area contributed by atoms with Crippen molar-refractivity contribution in [2.45, 2.75) is 13.8 Å². The van der Waals surface area contributed by atoms with Crippen molar-refractivity contribution in [2.24, 2.45) is 0 Å². The zero-order valence-electron chi connectivity index (χ0n) is 6.14. The highest BCUT2D eigenvalue weighted by molar-refractivity contribution is 6.17. The predicted molar refractivity (Wildman–Crippen MR) is 39.1 cm³/mol. The van der Waals surface area contributed by atoms with Crippen LogP contribution in [0.15, 0.2) is 0 Å². The lowest BCUT2D eigenvalue weighted by Gasteiger charge is -1.93. The maximum atomic E-state index is 4.88. The second-order valence-corrected chi connectivity index (χ2v) is 1.69. The van der Waals surface area contributed by atoms with Gasteiger partial charge in [0.25, 0.3) is 0 Å². The Labute approximate surface area is 59.2 Å². The molecule has 5 heteroatoms. The smallest absolute Gasteiger partial charge is 0.393 e. The number of hydrogen-bond donors (Lipinski definition) is 2. The van der Waals surface area contributed by atoms with Gasteiger partial charge in [-0.1, -0.05) is 0 Å². The van der Waals surface area contributed by atoms with Crippen LogP contribution in [-0.2, 0) is 8.85 Å². The van der Waals surface area contributed by atoms with E-state index in [1.807, 2.05) is 13.8 Å². The molecular weight excluding hydrogens is 136 g/mol. The van der Waals surface area contributed by atoms with Crippen LogP contribution in [0, 0.1) is 0 Å². The highest BCUT2D eigenvalue weighted by Gasteiger charge is 1.83. The summed E-state index contributed by atoms with van der Waals surface area (Å²) >= 11 is 0. The van der Waals surface area contributed by atoms with E-state index in [9.17, 15) is 0 Å². The zero-order chi connectivity index (χ0) is 5.54. The van der Waals surface area contributed by atoms with Gasteiger partial charge in [-0.3, -0.25) is 0 Å². The molecule has 9 heavy (non-hydrogen) atoms. The minimum Gasteiger partial charge on any atom is -0.393 e. The van der Waals surface area contributed by atoms with Gasteiger partial charge >= 0.3 is 10.0 Å². The third-order valence-corrected chi connectivity index (χ3v) is 1.22. The summed E-state index contributed by atoms with van der Waals surface area (Å²) in [4.78, 5) is 0. The fourth-order valence-corrected chi connectivity index (χ4v) is 0.479. The van der Waals surface area contributed by atoms with Crippen molar-refractivity contribution in [3.63, 3.8) is 0 Å². The summed E-state index contributed by atoms with van der Waals surface area (Å²) in [5, 5.41) is 0. The molecule has 58 valence electrons. The monoisotopic (exact) mass is 152 g/mol. The maximum Gasteiger partial charge on any atom is 0.433 e. The summed E-state index contributed by atoms with van der Waals surface area (Å²) in [6, 6.07) is 0. The van der Waals surface area contributed by atoms with Gasteiger partial charge in [-0.25, -0.2) is 0 Å². The van der Waals surface area contributed by atoms with E-state index in [-0.39, 0.29) is 22.3 Å². The molecule has 0 amide bonds. The van der Waals surface area contributed by atoms with E-state index >= 15 is 0 Å². The lowest BCUT2D eigenvalue weighted by atomic mass is 10.9. The Morgan fingerprint density at radius 3 is 1.56 bits per heavy atom. The van der Waals surface area contributed by atoms with Gasteiger partial charge in [-0.2, -0.15) is 0 Å². The topological polar surface area (TPSA) is 88.5 Å². The number of hydrogen-bond acceptors (Lipinski definition) is 4. The Hall–Kier alpha value is 0.0569. The summed E-state index contributed by atoms with van der Waals surface area (Å²) < 4.78 is 9.76. The summed E-state index contributed by atoms with van der Waals surface area (Å²) in [5.74, 6) is 0. The molecule has 0 spiro atoms. The van der Waals surface area contributed by atoms with Crippen LogP contribution in [0.2, 0.25) is 0 Å². The Morgan fingerprint density at radius 2 is 1.33 bits per heavy atom. The molecule has 0 saturated carbocycles. The Bertz CT molecular complexity index is 35.7. The molecule has 0 bridgehead atoms. The largest absolute Gasteiger partial charge is 0.433 e. The third-order valence-electron chi connectivity index (χ3n) is 0.407. The van der Waals surface area contributed by atoms with Crippen LogP contribution in [-0.4, -0.2) is 23.2 Å². The minimum absolute atomic E-state index is 0. The van der Waals surface area contributed by atoms with Crippen LogP contribution in [0.3, 0.4) is 0 Å². The van der Waals surface area contributed by atoms with Crippen molar-refractivity contribution < 1.29 is 8.85 Å². The van der Waals surface area contributed by atoms with Crippen molar-refractivity contribution in [1.82, 2.24) is 12.3 Å². The van der Waals surface area contributed by atoms with Gasteiger partial charge in [0.15, 0.2) is 0 Å². The van der Waals surface area contributed by atoms with Gasteiger partial charge in [-0.05, 0) is 13.8 Å². The van der Waals surface area contributed by atoms with Crippen LogP contribution >= 0.6 is 0 Å². The van der Waals surface area contributed by atoms with E-state index in [1.54, 1.807) is 0 Å². The highest BCUT2D eigenvalue weighted by Crippen LogP contribution is 1.70. The van der Waals surface area contributed by atoms with Crippen molar-refractivity contribution in [3.05, 3.63) is 0 Å². The second-order valence-electron chi connectivity index (χ2n) is 0.949. The van der Waals surface area contributed by atoms with Gasteiger partial charge in [0.05, 0.1) is 0 Å². The molecule has 2 radical (unpaired) electrons. The molecule has 0 aromatic heterocycles. The molecule has 0 heterocycles. The first-order valence-corrected chi connectivity index (χ1v) is 3.22. The van der Waals surface area contributed by atoms with Crippen molar-refractivity contribution in [1.29, 1.82) is 0 Å². The van der Waals surface area contributed by atoms with Gasteiger partial charge in [0.2, 0.25) is 0 Å². The quantitative estimate of drug-likeness (QED) is 0.463. The molecule has 0 aromatic rings. The van der Waals surface area contributed by atoms with Crippen LogP contribution in [0.1, 0.15) is 13.8 Å². The molecule has 0 aliphatic heterocycles. The first kappa shape index (κ1) is 16.0. The highest BCUT2D eigenvalue weighted by atomic mass is 28.3. The second kappa shape index (κ2) is 15.7. The lowest BCUT2D eigenvalue weighted by molar-refractivity contribution is 0.240. The first-order chi connectivity index (χ1) is 3.41. The molecular formula is C4H16N2O2Si. The average Bonchev–Trinajstić information content (AvgIpc) is 1.69. The van der Waals surface area contributed by atoms with Crippen molar-refractivity contribution >= 4 is 10.0 Å². The minimum atomic E-state index is 0. The number of rotatable bonds is 4. The fraction of sp³-hybridized carbons (Fsp3) is 1.00. The summed E-state index contributed by atoms with van der Waals surface area (Å²) in [7, 11) is 0.232. The molecule has 0 atom stereocenters. The summed E-state index contributed by atoms with van der Waals surface area (Å²) in [6.45, 7) is 5.40. The Kier molecular flexibility index (Phi) is 27.9.